The summed E-state index contributed by atoms with van der Waals surface area (Å²) in [5.41, 5.74) is 0.716. The first kappa shape index (κ1) is 13.1. The molecule has 1 aliphatic rings. The van der Waals surface area contributed by atoms with Crippen molar-refractivity contribution in [2.45, 2.75) is 13.0 Å². The molecule has 98 valence electrons. The third kappa shape index (κ3) is 2.89. The van der Waals surface area contributed by atoms with Crippen LogP contribution in [0.25, 0.3) is 0 Å². The second-order valence-electron chi connectivity index (χ2n) is 4.81. The van der Waals surface area contributed by atoms with E-state index in [-0.39, 0.29) is 5.91 Å². The van der Waals surface area contributed by atoms with Crippen molar-refractivity contribution in [1.82, 2.24) is 10.6 Å². The van der Waals surface area contributed by atoms with Gasteiger partial charge in [0.15, 0.2) is 0 Å². The quantitative estimate of drug-likeness (QED) is 0.815. The summed E-state index contributed by atoms with van der Waals surface area (Å²) in [6.07, 6.45) is 0.835. The lowest BCUT2D eigenvalue weighted by atomic mass is 9.87. The SMILES string of the molecule is COC[C@@]1(C(=O)NCc2ccccc2)CCNC1. The van der Waals surface area contributed by atoms with E-state index in [1.165, 1.54) is 0 Å². The molecule has 2 N–H and O–H groups in total. The molecule has 2 rings (SSSR count). The van der Waals surface area contributed by atoms with Gasteiger partial charge in [0.25, 0.3) is 0 Å². The summed E-state index contributed by atoms with van der Waals surface area (Å²) in [4.78, 5) is 12.3. The molecule has 1 amide bonds. The topological polar surface area (TPSA) is 50.4 Å². The second kappa shape index (κ2) is 5.98. The van der Waals surface area contributed by atoms with Gasteiger partial charge in [-0.2, -0.15) is 0 Å². The number of hydrogen-bond donors (Lipinski definition) is 2. The molecular weight excluding hydrogens is 228 g/mol. The van der Waals surface area contributed by atoms with Crippen LogP contribution in [0, 0.1) is 5.41 Å². The van der Waals surface area contributed by atoms with E-state index in [0.717, 1.165) is 18.5 Å². The molecular formula is C14H20N2O2. The molecule has 18 heavy (non-hydrogen) atoms. The zero-order chi connectivity index (χ0) is 12.8. The van der Waals surface area contributed by atoms with Gasteiger partial charge in [0.1, 0.15) is 0 Å². The first-order valence-corrected chi connectivity index (χ1v) is 6.29. The fourth-order valence-corrected chi connectivity index (χ4v) is 2.37. The predicted molar refractivity (Wildman–Crippen MR) is 70.1 cm³/mol. The van der Waals surface area contributed by atoms with Gasteiger partial charge >= 0.3 is 0 Å². The number of amides is 1. The Kier molecular flexibility index (Phi) is 4.33. The van der Waals surface area contributed by atoms with Crippen LogP contribution < -0.4 is 10.6 Å². The van der Waals surface area contributed by atoms with Gasteiger partial charge in [0, 0.05) is 20.2 Å². The highest BCUT2D eigenvalue weighted by atomic mass is 16.5. The summed E-state index contributed by atoms with van der Waals surface area (Å²) in [7, 11) is 1.64. The Labute approximate surface area is 108 Å². The van der Waals surface area contributed by atoms with Crippen LogP contribution in [-0.2, 0) is 16.1 Å². The van der Waals surface area contributed by atoms with E-state index in [4.69, 9.17) is 4.74 Å². The average Bonchev–Trinajstić information content (AvgIpc) is 2.87. The van der Waals surface area contributed by atoms with Crippen molar-refractivity contribution in [3.05, 3.63) is 35.9 Å². The highest BCUT2D eigenvalue weighted by Crippen LogP contribution is 2.26. The first-order valence-electron chi connectivity index (χ1n) is 6.29. The predicted octanol–water partition coefficient (Wildman–Crippen LogP) is 0.929. The maximum absolute atomic E-state index is 12.3. The number of ether oxygens (including phenoxy) is 1. The molecule has 1 aromatic rings. The molecule has 1 aromatic carbocycles. The summed E-state index contributed by atoms with van der Waals surface area (Å²) < 4.78 is 5.20. The van der Waals surface area contributed by atoms with Gasteiger partial charge in [-0.1, -0.05) is 30.3 Å². The van der Waals surface area contributed by atoms with Crippen molar-refractivity contribution in [3.63, 3.8) is 0 Å². The summed E-state index contributed by atoms with van der Waals surface area (Å²) in [5, 5.41) is 6.24. The van der Waals surface area contributed by atoms with Crippen LogP contribution in [-0.4, -0.2) is 32.7 Å². The first-order chi connectivity index (χ1) is 8.77. The number of nitrogens with one attached hydrogen (secondary N) is 2. The van der Waals surface area contributed by atoms with Crippen molar-refractivity contribution < 1.29 is 9.53 Å². The average molecular weight is 248 g/mol. The lowest BCUT2D eigenvalue weighted by molar-refractivity contribution is -0.133. The minimum absolute atomic E-state index is 0.0817. The maximum Gasteiger partial charge on any atom is 0.230 e. The summed E-state index contributed by atoms with van der Waals surface area (Å²) in [5.74, 6) is 0.0817. The lowest BCUT2D eigenvalue weighted by Gasteiger charge is -2.25. The zero-order valence-electron chi connectivity index (χ0n) is 10.7. The summed E-state index contributed by atoms with van der Waals surface area (Å²) in [6, 6.07) is 9.94. The molecule has 0 aromatic heterocycles. The minimum Gasteiger partial charge on any atom is -0.384 e. The third-order valence-electron chi connectivity index (χ3n) is 3.44. The zero-order valence-corrected chi connectivity index (χ0v) is 10.7. The van der Waals surface area contributed by atoms with Gasteiger partial charge in [0.2, 0.25) is 5.91 Å². The molecule has 0 aliphatic carbocycles. The number of carbonyl (C=O) groups excluding carboxylic acids is 1. The van der Waals surface area contributed by atoms with Crippen LogP contribution in [0.1, 0.15) is 12.0 Å². The molecule has 0 bridgehead atoms. The van der Waals surface area contributed by atoms with E-state index >= 15 is 0 Å². The van der Waals surface area contributed by atoms with E-state index in [1.54, 1.807) is 7.11 Å². The van der Waals surface area contributed by atoms with Gasteiger partial charge < -0.3 is 15.4 Å². The van der Waals surface area contributed by atoms with E-state index in [0.29, 0.717) is 19.7 Å². The standard InChI is InChI=1S/C14H20N2O2/c1-18-11-14(7-8-15-10-14)13(17)16-9-12-5-3-2-4-6-12/h2-6,15H,7-11H2,1H3,(H,16,17)/t14-/m1/s1. The van der Waals surface area contributed by atoms with Crippen molar-refractivity contribution in [2.24, 2.45) is 5.41 Å². The number of hydrogen-bond acceptors (Lipinski definition) is 3. The second-order valence-corrected chi connectivity index (χ2v) is 4.81. The molecule has 0 radical (unpaired) electrons. The Morgan fingerprint density at radius 3 is 2.83 bits per heavy atom. The largest absolute Gasteiger partial charge is 0.384 e. The summed E-state index contributed by atoms with van der Waals surface area (Å²) in [6.45, 7) is 2.62. The molecule has 1 heterocycles. The van der Waals surface area contributed by atoms with Gasteiger partial charge in [-0.15, -0.1) is 0 Å². The van der Waals surface area contributed by atoms with Crippen molar-refractivity contribution in [1.29, 1.82) is 0 Å². The van der Waals surface area contributed by atoms with E-state index < -0.39 is 5.41 Å². The highest BCUT2D eigenvalue weighted by molar-refractivity contribution is 5.83. The summed E-state index contributed by atoms with van der Waals surface area (Å²) >= 11 is 0. The molecule has 4 heteroatoms. The smallest absolute Gasteiger partial charge is 0.230 e. The molecule has 0 unspecified atom stereocenters. The molecule has 0 spiro atoms. The van der Waals surface area contributed by atoms with Gasteiger partial charge in [-0.05, 0) is 18.5 Å². The van der Waals surface area contributed by atoms with E-state index in [1.807, 2.05) is 30.3 Å². The third-order valence-corrected chi connectivity index (χ3v) is 3.44. The van der Waals surface area contributed by atoms with Crippen LogP contribution in [0.4, 0.5) is 0 Å². The Morgan fingerprint density at radius 1 is 1.44 bits per heavy atom. The Hall–Kier alpha value is -1.39. The van der Waals surface area contributed by atoms with Crippen molar-refractivity contribution >= 4 is 5.91 Å². The fraction of sp³-hybridized carbons (Fsp3) is 0.500. The van der Waals surface area contributed by atoms with Gasteiger partial charge in [-0.25, -0.2) is 0 Å². The van der Waals surface area contributed by atoms with Gasteiger partial charge in [0.05, 0.1) is 12.0 Å². The molecule has 4 nitrogen and oxygen atoms in total. The monoisotopic (exact) mass is 248 g/mol. The van der Waals surface area contributed by atoms with Crippen molar-refractivity contribution in [2.75, 3.05) is 26.8 Å². The van der Waals surface area contributed by atoms with Crippen molar-refractivity contribution in [3.8, 4) is 0 Å². The van der Waals surface area contributed by atoms with E-state index in [9.17, 15) is 4.79 Å². The Balaban J connectivity index is 1.94. The van der Waals surface area contributed by atoms with Gasteiger partial charge in [-0.3, -0.25) is 4.79 Å². The normalized spacial score (nSPS) is 22.9. The van der Waals surface area contributed by atoms with Crippen LogP contribution >= 0.6 is 0 Å². The Bertz CT molecular complexity index is 386. The lowest BCUT2D eigenvalue weighted by Crippen LogP contribution is -2.45. The number of carbonyl (C=O) groups is 1. The molecule has 0 saturated carbocycles. The minimum atomic E-state index is -0.399. The number of methoxy groups -OCH3 is 1. The van der Waals surface area contributed by atoms with Crippen LogP contribution in [0.5, 0.6) is 0 Å². The highest BCUT2D eigenvalue weighted by Gasteiger charge is 2.41. The molecule has 1 atom stereocenters. The Morgan fingerprint density at radius 2 is 2.22 bits per heavy atom. The fourth-order valence-electron chi connectivity index (χ4n) is 2.37. The van der Waals surface area contributed by atoms with Crippen LogP contribution in [0.2, 0.25) is 0 Å². The van der Waals surface area contributed by atoms with Crippen LogP contribution in [0.15, 0.2) is 30.3 Å². The van der Waals surface area contributed by atoms with E-state index in [2.05, 4.69) is 10.6 Å². The number of benzene rings is 1. The molecule has 1 fully saturated rings. The maximum atomic E-state index is 12.3. The molecule has 1 saturated heterocycles. The molecule has 1 aliphatic heterocycles. The van der Waals surface area contributed by atoms with Crippen LogP contribution in [0.3, 0.4) is 0 Å². The number of rotatable bonds is 5.